The van der Waals surface area contributed by atoms with E-state index in [1.165, 1.54) is 6.42 Å². The number of phosphoric acid groups is 1. The van der Waals surface area contributed by atoms with Crippen molar-refractivity contribution < 1.29 is 37.6 Å². The van der Waals surface area contributed by atoms with E-state index in [9.17, 15) is 19.0 Å². The fourth-order valence-corrected chi connectivity index (χ4v) is 6.92. The van der Waals surface area contributed by atoms with E-state index in [2.05, 4.69) is 135 Å². The van der Waals surface area contributed by atoms with E-state index in [1.54, 1.807) is 0 Å². The van der Waals surface area contributed by atoms with Crippen LogP contribution in [-0.4, -0.2) is 49.3 Å². The second-order valence-electron chi connectivity index (χ2n) is 15.9. The number of hydrogen-bond acceptors (Lipinski definition) is 8. The average molecular weight is 924 g/mol. The summed E-state index contributed by atoms with van der Waals surface area (Å²) in [5, 5.41) is 0. The highest BCUT2D eigenvalue weighted by molar-refractivity contribution is 7.47. The van der Waals surface area contributed by atoms with E-state index in [0.29, 0.717) is 12.8 Å². The molecule has 0 saturated heterocycles. The molecule has 65 heavy (non-hydrogen) atoms. The van der Waals surface area contributed by atoms with E-state index in [0.717, 1.165) is 135 Å². The van der Waals surface area contributed by atoms with Gasteiger partial charge in [-0.3, -0.25) is 18.6 Å². The third-order valence-electron chi connectivity index (χ3n) is 9.81. The number of ether oxygens (including phenoxy) is 2. The van der Waals surface area contributed by atoms with E-state index in [1.807, 2.05) is 0 Å². The maximum absolute atomic E-state index is 12.6. The Labute approximate surface area is 396 Å². The zero-order chi connectivity index (χ0) is 47.4. The number of carbonyl (C=O) groups excluding carboxylic acids is 2. The first-order valence-electron chi connectivity index (χ1n) is 25.0. The van der Waals surface area contributed by atoms with Crippen LogP contribution in [-0.2, 0) is 32.7 Å². The summed E-state index contributed by atoms with van der Waals surface area (Å²) in [6.45, 7) is 3.49. The molecule has 10 heteroatoms. The van der Waals surface area contributed by atoms with Crippen LogP contribution in [0.4, 0.5) is 0 Å². The van der Waals surface area contributed by atoms with Gasteiger partial charge in [0.2, 0.25) is 0 Å². The number of rotatable bonds is 45. The summed E-state index contributed by atoms with van der Waals surface area (Å²) in [6, 6.07) is 0. The van der Waals surface area contributed by atoms with Crippen LogP contribution in [0.1, 0.15) is 181 Å². The highest BCUT2D eigenvalue weighted by Gasteiger charge is 2.26. The number of nitrogens with two attached hydrogens (primary N) is 1. The van der Waals surface area contributed by atoms with Gasteiger partial charge in [-0.1, -0.05) is 187 Å². The molecule has 0 fully saturated rings. The molecule has 0 aliphatic heterocycles. The molecule has 0 amide bonds. The standard InChI is InChI=1S/C55H90NO8P/c1-3-5-7-9-11-13-15-17-18-19-20-21-22-23-24-25-26-27-28-29-30-31-32-33-34-36-38-40-42-44-46-48-55(58)64-53(52-63-65(59,60)62-50-49-56)51-61-54(57)47-45-43-41-39-37-35-16-14-12-10-8-6-4-2/h5,7-8,10-11,13-14,16-18,20-21,23-24,26-27,29-30,32-33,53H,3-4,6,9,12,15,19,22,25,28,31,34-52,56H2,1-2H3,(H,59,60)/b7-5-,10-8-,13-11-,16-14-,18-17-,21-20-,24-23-,27-26-,30-29-,33-32-. The molecule has 0 aromatic rings. The van der Waals surface area contributed by atoms with Crippen molar-refractivity contribution in [1.29, 1.82) is 0 Å². The zero-order valence-corrected chi connectivity index (χ0v) is 41.6. The predicted molar refractivity (Wildman–Crippen MR) is 274 cm³/mol. The lowest BCUT2D eigenvalue weighted by Crippen LogP contribution is -2.29. The van der Waals surface area contributed by atoms with Gasteiger partial charge in [0, 0.05) is 19.4 Å². The number of allylic oxidation sites excluding steroid dienone is 20. The summed E-state index contributed by atoms with van der Waals surface area (Å²) in [7, 11) is -4.40. The second-order valence-corrected chi connectivity index (χ2v) is 17.4. The quantitative estimate of drug-likeness (QED) is 0.0265. The van der Waals surface area contributed by atoms with Crippen LogP contribution in [0.2, 0.25) is 0 Å². The number of esters is 2. The van der Waals surface area contributed by atoms with Crippen LogP contribution >= 0.6 is 7.82 Å². The van der Waals surface area contributed by atoms with Gasteiger partial charge in [0.15, 0.2) is 6.10 Å². The van der Waals surface area contributed by atoms with Crippen molar-refractivity contribution in [3.8, 4) is 0 Å². The van der Waals surface area contributed by atoms with Gasteiger partial charge in [-0.2, -0.15) is 0 Å². The van der Waals surface area contributed by atoms with Crippen LogP contribution in [0.5, 0.6) is 0 Å². The molecule has 0 aromatic heterocycles. The maximum atomic E-state index is 12.6. The molecule has 0 aromatic carbocycles. The molecule has 0 spiro atoms. The van der Waals surface area contributed by atoms with Crippen LogP contribution < -0.4 is 5.73 Å². The lowest BCUT2D eigenvalue weighted by Gasteiger charge is -2.19. The van der Waals surface area contributed by atoms with Crippen LogP contribution in [0, 0.1) is 0 Å². The van der Waals surface area contributed by atoms with Gasteiger partial charge in [0.1, 0.15) is 6.61 Å². The number of unbranched alkanes of at least 4 members (excludes halogenated alkanes) is 12. The molecule has 0 saturated carbocycles. The molecule has 0 bridgehead atoms. The Balaban J connectivity index is 4.11. The monoisotopic (exact) mass is 924 g/mol. The fraction of sp³-hybridized carbons (Fsp3) is 0.600. The van der Waals surface area contributed by atoms with Crippen LogP contribution in [0.25, 0.3) is 0 Å². The van der Waals surface area contributed by atoms with E-state index in [-0.39, 0.29) is 32.6 Å². The van der Waals surface area contributed by atoms with Gasteiger partial charge in [0.05, 0.1) is 13.2 Å². The molecule has 0 radical (unpaired) electrons. The number of phosphoric ester groups is 1. The second kappa shape index (κ2) is 49.8. The Morgan fingerprint density at radius 3 is 1.26 bits per heavy atom. The summed E-state index contributed by atoms with van der Waals surface area (Å²) >= 11 is 0. The van der Waals surface area contributed by atoms with Crippen molar-refractivity contribution in [2.45, 2.75) is 187 Å². The lowest BCUT2D eigenvalue weighted by molar-refractivity contribution is -0.161. The van der Waals surface area contributed by atoms with Crippen molar-refractivity contribution in [3.05, 3.63) is 122 Å². The normalized spacial score (nSPS) is 14.2. The summed E-state index contributed by atoms with van der Waals surface area (Å²) in [5.41, 5.74) is 5.36. The molecule has 0 aliphatic rings. The number of hydrogen-bond donors (Lipinski definition) is 2. The minimum atomic E-state index is -4.40. The third kappa shape index (κ3) is 49.7. The summed E-state index contributed by atoms with van der Waals surface area (Å²) in [4.78, 5) is 35.0. The van der Waals surface area contributed by atoms with E-state index in [4.69, 9.17) is 24.3 Å². The largest absolute Gasteiger partial charge is 0.472 e. The van der Waals surface area contributed by atoms with Gasteiger partial charge in [-0.05, 0) is 103 Å². The van der Waals surface area contributed by atoms with Gasteiger partial charge < -0.3 is 20.1 Å². The minimum Gasteiger partial charge on any atom is -0.462 e. The molecule has 2 atom stereocenters. The Morgan fingerprint density at radius 2 is 0.846 bits per heavy atom. The van der Waals surface area contributed by atoms with Crippen LogP contribution in [0.3, 0.4) is 0 Å². The lowest BCUT2D eigenvalue weighted by atomic mass is 10.1. The van der Waals surface area contributed by atoms with Crippen molar-refractivity contribution in [3.63, 3.8) is 0 Å². The van der Waals surface area contributed by atoms with Crippen molar-refractivity contribution in [1.82, 2.24) is 0 Å². The fourth-order valence-electron chi connectivity index (χ4n) is 6.16. The molecule has 0 heterocycles. The molecule has 2 unspecified atom stereocenters. The first-order chi connectivity index (χ1) is 31.8. The van der Waals surface area contributed by atoms with E-state index < -0.39 is 32.5 Å². The smallest absolute Gasteiger partial charge is 0.462 e. The summed E-state index contributed by atoms with van der Waals surface area (Å²) in [5.74, 6) is -0.874. The van der Waals surface area contributed by atoms with Crippen LogP contribution in [0.15, 0.2) is 122 Å². The first kappa shape index (κ1) is 61.4. The minimum absolute atomic E-state index is 0.0418. The zero-order valence-electron chi connectivity index (χ0n) is 40.7. The topological polar surface area (TPSA) is 134 Å². The molecule has 0 aliphatic carbocycles. The highest BCUT2D eigenvalue weighted by atomic mass is 31.2. The van der Waals surface area contributed by atoms with Crippen molar-refractivity contribution in [2.75, 3.05) is 26.4 Å². The Morgan fingerprint density at radius 1 is 0.477 bits per heavy atom. The first-order valence-corrected chi connectivity index (χ1v) is 26.5. The molecule has 368 valence electrons. The van der Waals surface area contributed by atoms with Crippen molar-refractivity contribution >= 4 is 19.8 Å². The number of carbonyl (C=O) groups is 2. The van der Waals surface area contributed by atoms with E-state index >= 15 is 0 Å². The summed E-state index contributed by atoms with van der Waals surface area (Å²) in [6.07, 6.45) is 68.1. The Bertz CT molecular complexity index is 1470. The molecule has 0 rings (SSSR count). The molecular formula is C55H90NO8P. The SMILES string of the molecule is CC/C=C\C/C=C\C/C=C\C/C=C\C/C=C\C/C=C\C/C=C\C/C=C\CCCCCCCCC(=O)OC(COC(=O)CCCCCCC/C=C\C/C=C\CCC)COP(=O)(O)OCCN. The molecule has 3 N–H and O–H groups in total. The van der Waals surface area contributed by atoms with Gasteiger partial charge in [-0.25, -0.2) is 4.57 Å². The average Bonchev–Trinajstić information content (AvgIpc) is 3.30. The Kier molecular flexibility index (Phi) is 47.1. The van der Waals surface area contributed by atoms with Gasteiger partial charge >= 0.3 is 19.8 Å². The maximum Gasteiger partial charge on any atom is 0.472 e. The van der Waals surface area contributed by atoms with Gasteiger partial charge in [-0.15, -0.1) is 0 Å². The Hall–Kier alpha value is -3.59. The predicted octanol–water partition coefficient (Wildman–Crippen LogP) is 15.3. The molecule has 9 nitrogen and oxygen atoms in total. The van der Waals surface area contributed by atoms with Crippen molar-refractivity contribution in [2.24, 2.45) is 5.73 Å². The third-order valence-corrected chi connectivity index (χ3v) is 10.8. The summed E-state index contributed by atoms with van der Waals surface area (Å²) < 4.78 is 32.8. The molecular weight excluding hydrogens is 834 g/mol. The highest BCUT2D eigenvalue weighted by Crippen LogP contribution is 2.43. The van der Waals surface area contributed by atoms with Gasteiger partial charge in [0.25, 0.3) is 0 Å².